The number of nitrogens with zero attached hydrogens (tertiary/aromatic N) is 1. The molecule has 1 aromatic heterocycles. The molecule has 2 rings (SSSR count). The van der Waals surface area contributed by atoms with E-state index < -0.39 is 5.97 Å². The molecule has 0 saturated heterocycles. The van der Waals surface area contributed by atoms with Crippen molar-refractivity contribution in [3.05, 3.63) is 42.0 Å². The van der Waals surface area contributed by atoms with Gasteiger partial charge in [0.15, 0.2) is 5.89 Å². The third-order valence-electron chi connectivity index (χ3n) is 2.66. The molecule has 1 N–H and O–H groups in total. The maximum absolute atomic E-state index is 10.5. The van der Waals surface area contributed by atoms with Gasteiger partial charge in [-0.3, -0.25) is 4.79 Å². The molecule has 0 atom stereocenters. The number of carbonyl (C=O) groups is 1. The number of carboxylic acid groups (broad SMARTS) is 1. The Morgan fingerprint density at radius 2 is 2.06 bits per heavy atom. The Morgan fingerprint density at radius 1 is 1.33 bits per heavy atom. The Balaban J connectivity index is 2.27. The third-order valence-corrected chi connectivity index (χ3v) is 2.66. The zero-order valence-electron chi connectivity index (χ0n) is 10.2. The summed E-state index contributed by atoms with van der Waals surface area (Å²) >= 11 is 0. The number of oxazole rings is 1. The normalized spacial score (nSPS) is 10.5. The van der Waals surface area contributed by atoms with Gasteiger partial charge in [-0.25, -0.2) is 4.98 Å². The lowest BCUT2D eigenvalue weighted by atomic mass is 10.1. The third kappa shape index (κ3) is 2.77. The Morgan fingerprint density at radius 3 is 2.67 bits per heavy atom. The number of rotatable bonds is 5. The fourth-order valence-corrected chi connectivity index (χ4v) is 1.78. The SMILES string of the molecule is CCc1oc(CCC(=O)O)nc1-c1ccccc1. The number of aryl methyl sites for hydroxylation is 2. The Bertz CT molecular complexity index is 531. The lowest BCUT2D eigenvalue weighted by molar-refractivity contribution is -0.137. The van der Waals surface area contributed by atoms with Crippen LogP contribution in [0.15, 0.2) is 34.7 Å². The van der Waals surface area contributed by atoms with Gasteiger partial charge in [0.05, 0.1) is 6.42 Å². The van der Waals surface area contributed by atoms with Crippen LogP contribution in [0.4, 0.5) is 0 Å². The number of carboxylic acids is 1. The van der Waals surface area contributed by atoms with E-state index in [0.717, 1.165) is 23.4 Å². The van der Waals surface area contributed by atoms with E-state index in [1.807, 2.05) is 37.3 Å². The van der Waals surface area contributed by atoms with Gasteiger partial charge in [-0.2, -0.15) is 0 Å². The topological polar surface area (TPSA) is 63.3 Å². The maximum Gasteiger partial charge on any atom is 0.303 e. The molecule has 0 spiro atoms. The smallest absolute Gasteiger partial charge is 0.303 e. The second kappa shape index (κ2) is 5.49. The van der Waals surface area contributed by atoms with Crippen molar-refractivity contribution in [2.45, 2.75) is 26.2 Å². The van der Waals surface area contributed by atoms with Crippen molar-refractivity contribution >= 4 is 5.97 Å². The molecule has 0 unspecified atom stereocenters. The van der Waals surface area contributed by atoms with Crippen molar-refractivity contribution in [2.75, 3.05) is 0 Å². The minimum Gasteiger partial charge on any atom is -0.481 e. The molecule has 1 aromatic carbocycles. The Kier molecular flexibility index (Phi) is 3.77. The van der Waals surface area contributed by atoms with Crippen LogP contribution in [0.2, 0.25) is 0 Å². The first-order valence-electron chi connectivity index (χ1n) is 5.96. The van der Waals surface area contributed by atoms with Gasteiger partial charge in [-0.05, 0) is 0 Å². The number of hydrogen-bond acceptors (Lipinski definition) is 3. The van der Waals surface area contributed by atoms with E-state index in [0.29, 0.717) is 12.3 Å². The molecular weight excluding hydrogens is 230 g/mol. The van der Waals surface area contributed by atoms with Gasteiger partial charge >= 0.3 is 5.97 Å². The lowest BCUT2D eigenvalue weighted by Gasteiger charge is -1.97. The molecule has 0 aliphatic heterocycles. The average Bonchev–Trinajstić information content (AvgIpc) is 2.80. The summed E-state index contributed by atoms with van der Waals surface area (Å²) in [7, 11) is 0. The predicted molar refractivity (Wildman–Crippen MR) is 67.3 cm³/mol. The highest BCUT2D eigenvalue weighted by Gasteiger charge is 2.13. The van der Waals surface area contributed by atoms with E-state index >= 15 is 0 Å². The second-order valence-corrected chi connectivity index (χ2v) is 3.99. The molecular formula is C14H15NO3. The number of hydrogen-bond donors (Lipinski definition) is 1. The minimum absolute atomic E-state index is 0.0396. The van der Waals surface area contributed by atoms with Crippen LogP contribution in [0.25, 0.3) is 11.3 Å². The van der Waals surface area contributed by atoms with E-state index in [-0.39, 0.29) is 6.42 Å². The molecule has 0 fully saturated rings. The summed E-state index contributed by atoms with van der Waals surface area (Å²) in [6.07, 6.45) is 1.11. The summed E-state index contributed by atoms with van der Waals surface area (Å²) < 4.78 is 5.59. The fraction of sp³-hybridized carbons (Fsp3) is 0.286. The molecule has 4 heteroatoms. The monoisotopic (exact) mass is 245 g/mol. The molecule has 0 saturated carbocycles. The standard InChI is InChI=1S/C14H15NO3/c1-2-11-14(10-6-4-3-5-7-10)15-12(18-11)8-9-13(16)17/h3-7H,2,8-9H2,1H3,(H,16,17). The van der Waals surface area contributed by atoms with E-state index in [2.05, 4.69) is 4.98 Å². The van der Waals surface area contributed by atoms with E-state index in [4.69, 9.17) is 9.52 Å². The van der Waals surface area contributed by atoms with Gasteiger partial charge in [0.2, 0.25) is 0 Å². The zero-order chi connectivity index (χ0) is 13.0. The molecule has 4 nitrogen and oxygen atoms in total. The van der Waals surface area contributed by atoms with Crippen molar-refractivity contribution < 1.29 is 14.3 Å². The molecule has 0 aliphatic carbocycles. The number of aromatic nitrogens is 1. The summed E-state index contributed by atoms with van der Waals surface area (Å²) in [5.74, 6) is 0.460. The van der Waals surface area contributed by atoms with Crippen molar-refractivity contribution in [3.63, 3.8) is 0 Å². The summed E-state index contributed by atoms with van der Waals surface area (Å²) in [6.45, 7) is 1.99. The van der Waals surface area contributed by atoms with E-state index in [1.165, 1.54) is 0 Å². The highest BCUT2D eigenvalue weighted by molar-refractivity contribution is 5.67. The van der Waals surface area contributed by atoms with Crippen molar-refractivity contribution in [3.8, 4) is 11.3 Å². The molecule has 0 radical (unpaired) electrons. The second-order valence-electron chi connectivity index (χ2n) is 3.99. The van der Waals surface area contributed by atoms with Crippen LogP contribution in [0.5, 0.6) is 0 Å². The molecule has 0 aliphatic rings. The predicted octanol–water partition coefficient (Wildman–Crippen LogP) is 2.92. The van der Waals surface area contributed by atoms with Gasteiger partial charge in [0, 0.05) is 18.4 Å². The first-order valence-corrected chi connectivity index (χ1v) is 5.96. The van der Waals surface area contributed by atoms with Crippen LogP contribution < -0.4 is 0 Å². The van der Waals surface area contributed by atoms with Crippen LogP contribution in [-0.2, 0) is 17.6 Å². The molecule has 0 bridgehead atoms. The highest BCUT2D eigenvalue weighted by atomic mass is 16.4. The van der Waals surface area contributed by atoms with Crippen LogP contribution >= 0.6 is 0 Å². The van der Waals surface area contributed by atoms with Gasteiger partial charge in [-0.1, -0.05) is 37.3 Å². The van der Waals surface area contributed by atoms with Crippen molar-refractivity contribution in [2.24, 2.45) is 0 Å². The maximum atomic E-state index is 10.5. The minimum atomic E-state index is -0.840. The van der Waals surface area contributed by atoms with Gasteiger partial charge in [-0.15, -0.1) is 0 Å². The zero-order valence-corrected chi connectivity index (χ0v) is 10.2. The van der Waals surface area contributed by atoms with E-state index in [1.54, 1.807) is 0 Å². The molecule has 1 heterocycles. The first kappa shape index (κ1) is 12.4. The van der Waals surface area contributed by atoms with Crippen LogP contribution in [0.3, 0.4) is 0 Å². The molecule has 0 amide bonds. The summed E-state index contributed by atoms with van der Waals surface area (Å²) in [4.78, 5) is 14.9. The largest absolute Gasteiger partial charge is 0.481 e. The average molecular weight is 245 g/mol. The molecule has 2 aromatic rings. The number of benzene rings is 1. The van der Waals surface area contributed by atoms with Crippen molar-refractivity contribution in [1.82, 2.24) is 4.98 Å². The highest BCUT2D eigenvalue weighted by Crippen LogP contribution is 2.24. The van der Waals surface area contributed by atoms with Gasteiger partial charge < -0.3 is 9.52 Å². The Labute approximate surface area is 105 Å². The molecule has 94 valence electrons. The Hall–Kier alpha value is -2.10. The summed E-state index contributed by atoms with van der Waals surface area (Å²) in [6, 6.07) is 9.78. The first-order chi connectivity index (χ1) is 8.70. The fourth-order valence-electron chi connectivity index (χ4n) is 1.78. The van der Waals surface area contributed by atoms with Gasteiger partial charge in [0.1, 0.15) is 11.5 Å². The molecule has 18 heavy (non-hydrogen) atoms. The van der Waals surface area contributed by atoms with E-state index in [9.17, 15) is 4.79 Å². The summed E-state index contributed by atoms with van der Waals surface area (Å²) in [5.41, 5.74) is 1.82. The summed E-state index contributed by atoms with van der Waals surface area (Å²) in [5, 5.41) is 8.66. The van der Waals surface area contributed by atoms with Gasteiger partial charge in [0.25, 0.3) is 0 Å². The quantitative estimate of drug-likeness (QED) is 0.879. The lowest BCUT2D eigenvalue weighted by Crippen LogP contribution is -1.97. The number of aliphatic carboxylic acids is 1. The van der Waals surface area contributed by atoms with Crippen molar-refractivity contribution in [1.29, 1.82) is 0 Å². The van der Waals surface area contributed by atoms with Crippen LogP contribution in [-0.4, -0.2) is 16.1 Å². The van der Waals surface area contributed by atoms with Crippen LogP contribution in [0, 0.1) is 0 Å². The van der Waals surface area contributed by atoms with Crippen LogP contribution in [0.1, 0.15) is 25.0 Å².